The largest absolute Gasteiger partial charge is 0.243 e. The van der Waals surface area contributed by atoms with Gasteiger partial charge in [-0.3, -0.25) is 0 Å². The highest BCUT2D eigenvalue weighted by atomic mass is 32.2. The van der Waals surface area contributed by atoms with Crippen molar-refractivity contribution in [2.45, 2.75) is 17.9 Å². The Bertz CT molecular complexity index is 844. The lowest BCUT2D eigenvalue weighted by Gasteiger charge is -2.23. The number of fused-ring (bicyclic) bond motifs is 1. The number of allylic oxidation sites excluding steroid dienone is 6. The van der Waals surface area contributed by atoms with Gasteiger partial charge in [0.25, 0.3) is 0 Å². The predicted molar refractivity (Wildman–Crippen MR) is 91.3 cm³/mol. The first-order valence-corrected chi connectivity index (χ1v) is 9.33. The van der Waals surface area contributed by atoms with Gasteiger partial charge in [0.2, 0.25) is 10.0 Å². The lowest BCUT2D eigenvalue weighted by molar-refractivity contribution is 0.556. The van der Waals surface area contributed by atoms with Crippen molar-refractivity contribution in [3.8, 4) is 0 Å². The summed E-state index contributed by atoms with van der Waals surface area (Å²) < 4.78 is 27.0. The topological polar surface area (TPSA) is 37.1 Å². The highest BCUT2D eigenvalue weighted by Crippen LogP contribution is 2.37. The van der Waals surface area contributed by atoms with Gasteiger partial charge in [0.15, 0.2) is 0 Å². The van der Waals surface area contributed by atoms with Crippen LogP contribution in [0.3, 0.4) is 0 Å². The summed E-state index contributed by atoms with van der Waals surface area (Å²) in [4.78, 5) is 0.379. The molecule has 0 aromatic heterocycles. The van der Waals surface area contributed by atoms with E-state index in [1.165, 1.54) is 0 Å². The zero-order valence-corrected chi connectivity index (χ0v) is 13.8. The fraction of sp³-hybridized carbons (Fsp3) is 0.263. The zero-order valence-electron chi connectivity index (χ0n) is 13.0. The predicted octanol–water partition coefficient (Wildman–Crippen LogP) is 3.22. The SMILES string of the molecule is Cc1ccc(S(=O)(=O)N2CC2C2=CC3C=CC=CC3C=C2)cc1. The normalized spacial score (nSPS) is 31.6. The Kier molecular flexibility index (Phi) is 3.39. The second-order valence-corrected chi connectivity index (χ2v) is 8.24. The van der Waals surface area contributed by atoms with E-state index in [0.29, 0.717) is 23.3 Å². The Morgan fingerprint density at radius 2 is 1.70 bits per heavy atom. The highest BCUT2D eigenvalue weighted by Gasteiger charge is 2.46. The molecule has 1 aromatic carbocycles. The summed E-state index contributed by atoms with van der Waals surface area (Å²) in [5.74, 6) is 0.759. The molecule has 1 heterocycles. The first-order valence-electron chi connectivity index (χ1n) is 7.89. The molecule has 0 N–H and O–H groups in total. The van der Waals surface area contributed by atoms with Crippen LogP contribution in [0.25, 0.3) is 0 Å². The summed E-state index contributed by atoms with van der Waals surface area (Å²) >= 11 is 0. The molecule has 23 heavy (non-hydrogen) atoms. The zero-order chi connectivity index (χ0) is 16.0. The van der Waals surface area contributed by atoms with Gasteiger partial charge in [-0.2, -0.15) is 4.31 Å². The van der Waals surface area contributed by atoms with Crippen LogP contribution in [0.15, 0.2) is 77.3 Å². The van der Waals surface area contributed by atoms with Gasteiger partial charge in [0.05, 0.1) is 10.9 Å². The first-order chi connectivity index (χ1) is 11.1. The van der Waals surface area contributed by atoms with Crippen LogP contribution in [0.2, 0.25) is 0 Å². The van der Waals surface area contributed by atoms with Crippen LogP contribution in [0.1, 0.15) is 5.56 Å². The minimum absolute atomic E-state index is 0.0159. The third-order valence-corrected chi connectivity index (χ3v) is 6.59. The third kappa shape index (κ3) is 2.62. The van der Waals surface area contributed by atoms with E-state index < -0.39 is 10.0 Å². The van der Waals surface area contributed by atoms with Crippen LogP contribution in [0.4, 0.5) is 0 Å². The van der Waals surface area contributed by atoms with E-state index in [-0.39, 0.29) is 6.04 Å². The second kappa shape index (κ2) is 5.32. The lowest BCUT2D eigenvalue weighted by Crippen LogP contribution is -2.18. The molecule has 3 nitrogen and oxygen atoms in total. The number of hydrogen-bond acceptors (Lipinski definition) is 2. The monoisotopic (exact) mass is 325 g/mol. The van der Waals surface area contributed by atoms with Gasteiger partial charge >= 0.3 is 0 Å². The van der Waals surface area contributed by atoms with Crippen LogP contribution in [0.5, 0.6) is 0 Å². The maximum Gasteiger partial charge on any atom is 0.243 e. The molecule has 118 valence electrons. The van der Waals surface area contributed by atoms with E-state index in [4.69, 9.17) is 0 Å². The van der Waals surface area contributed by atoms with Gasteiger partial charge in [-0.25, -0.2) is 8.42 Å². The van der Waals surface area contributed by atoms with Crippen molar-refractivity contribution in [3.05, 3.63) is 77.9 Å². The lowest BCUT2D eigenvalue weighted by atomic mass is 9.82. The molecule has 2 aliphatic carbocycles. The van der Waals surface area contributed by atoms with Gasteiger partial charge in [-0.15, -0.1) is 0 Å². The van der Waals surface area contributed by atoms with Crippen molar-refractivity contribution in [2.24, 2.45) is 11.8 Å². The van der Waals surface area contributed by atoms with E-state index in [1.54, 1.807) is 16.4 Å². The van der Waals surface area contributed by atoms with Crippen LogP contribution < -0.4 is 0 Å². The smallest absolute Gasteiger partial charge is 0.207 e. The fourth-order valence-electron chi connectivity index (χ4n) is 3.23. The molecule has 0 bridgehead atoms. The molecule has 0 radical (unpaired) electrons. The van der Waals surface area contributed by atoms with Gasteiger partial charge < -0.3 is 0 Å². The number of hydrogen-bond donors (Lipinski definition) is 0. The highest BCUT2D eigenvalue weighted by molar-refractivity contribution is 7.89. The molecule has 4 unspecified atom stereocenters. The Labute approximate surface area is 137 Å². The van der Waals surface area contributed by atoms with Crippen LogP contribution >= 0.6 is 0 Å². The van der Waals surface area contributed by atoms with Crippen LogP contribution in [0, 0.1) is 18.8 Å². The minimum Gasteiger partial charge on any atom is -0.207 e. The Hall–Kier alpha value is -1.91. The Morgan fingerprint density at radius 1 is 1.00 bits per heavy atom. The molecular formula is C19H19NO2S. The van der Waals surface area contributed by atoms with Crippen molar-refractivity contribution in [1.82, 2.24) is 4.31 Å². The number of benzene rings is 1. The quantitative estimate of drug-likeness (QED) is 0.800. The molecule has 0 saturated carbocycles. The van der Waals surface area contributed by atoms with Crippen LogP contribution in [-0.2, 0) is 10.0 Å². The van der Waals surface area contributed by atoms with Gasteiger partial charge in [0, 0.05) is 18.4 Å². The van der Waals surface area contributed by atoms with Gasteiger partial charge in [-0.1, -0.05) is 60.2 Å². The Morgan fingerprint density at radius 3 is 2.43 bits per heavy atom. The van der Waals surface area contributed by atoms with E-state index >= 15 is 0 Å². The van der Waals surface area contributed by atoms with Crippen molar-refractivity contribution in [3.63, 3.8) is 0 Å². The average Bonchev–Trinajstić information content (AvgIpc) is 3.36. The summed E-state index contributed by atoms with van der Waals surface area (Å²) in [7, 11) is -3.38. The summed E-state index contributed by atoms with van der Waals surface area (Å²) in [6, 6.07) is 7.05. The van der Waals surface area contributed by atoms with Gasteiger partial charge in [0.1, 0.15) is 0 Å². The summed E-state index contributed by atoms with van der Waals surface area (Å²) in [6.45, 7) is 2.53. The number of nitrogens with zero attached hydrogens (tertiary/aromatic N) is 1. The van der Waals surface area contributed by atoms with E-state index in [2.05, 4.69) is 42.5 Å². The molecule has 0 amide bonds. The maximum absolute atomic E-state index is 12.7. The third-order valence-electron chi connectivity index (χ3n) is 4.70. The van der Waals surface area contributed by atoms with Crippen LogP contribution in [-0.4, -0.2) is 25.3 Å². The molecule has 4 rings (SSSR count). The fourth-order valence-corrected chi connectivity index (χ4v) is 4.77. The average molecular weight is 325 g/mol. The molecule has 1 aromatic rings. The standard InChI is InChI=1S/C19H19NO2S/c1-14-6-10-18(11-7-14)23(21,22)20-13-19(20)17-9-8-15-4-2-3-5-16(15)12-17/h2-12,15-16,19H,13H2,1H3. The summed E-state index contributed by atoms with van der Waals surface area (Å²) in [5, 5.41) is 0. The minimum atomic E-state index is -3.38. The molecule has 1 fully saturated rings. The molecule has 3 aliphatic rings. The molecule has 1 saturated heterocycles. The van der Waals surface area contributed by atoms with Crippen molar-refractivity contribution >= 4 is 10.0 Å². The first kappa shape index (κ1) is 14.7. The number of sulfonamides is 1. The van der Waals surface area contributed by atoms with Gasteiger partial charge in [-0.05, 0) is 24.6 Å². The van der Waals surface area contributed by atoms with Crippen molar-refractivity contribution < 1.29 is 8.42 Å². The summed E-state index contributed by atoms with van der Waals surface area (Å²) in [6.07, 6.45) is 14.9. The van der Waals surface area contributed by atoms with E-state index in [9.17, 15) is 8.42 Å². The van der Waals surface area contributed by atoms with E-state index in [0.717, 1.165) is 11.1 Å². The molecule has 0 spiro atoms. The number of aryl methyl sites for hydroxylation is 1. The second-order valence-electron chi connectivity index (χ2n) is 6.35. The summed E-state index contributed by atoms with van der Waals surface area (Å²) in [5.41, 5.74) is 2.18. The van der Waals surface area contributed by atoms with E-state index in [1.807, 2.05) is 19.1 Å². The molecule has 4 atom stereocenters. The molecule has 1 aliphatic heterocycles. The van der Waals surface area contributed by atoms with Crippen molar-refractivity contribution in [1.29, 1.82) is 0 Å². The Balaban J connectivity index is 1.55. The molecular weight excluding hydrogens is 306 g/mol. The maximum atomic E-state index is 12.7. The molecule has 4 heteroatoms. The van der Waals surface area contributed by atoms with Crippen molar-refractivity contribution in [2.75, 3.05) is 6.54 Å². The number of rotatable bonds is 3.